The van der Waals surface area contributed by atoms with E-state index in [1.807, 2.05) is 50.2 Å². The number of benzene rings is 3. The molecule has 1 heterocycles. The zero-order valence-corrected chi connectivity index (χ0v) is 18.2. The Morgan fingerprint density at radius 2 is 1.74 bits per heavy atom. The molecule has 160 valence electrons. The molecule has 0 saturated heterocycles. The van der Waals surface area contributed by atoms with Crippen LogP contribution < -0.4 is 5.32 Å². The third kappa shape index (κ3) is 4.24. The summed E-state index contributed by atoms with van der Waals surface area (Å²) in [6.45, 7) is 4.31. The summed E-state index contributed by atoms with van der Waals surface area (Å²) in [7, 11) is -3.88. The number of hydrogen-bond donors (Lipinski definition) is 1. The van der Waals surface area contributed by atoms with Crippen molar-refractivity contribution in [3.8, 4) is 0 Å². The number of anilines is 1. The van der Waals surface area contributed by atoms with Crippen LogP contribution >= 0.6 is 0 Å². The van der Waals surface area contributed by atoms with Gasteiger partial charge in [0.2, 0.25) is 10.0 Å². The second kappa shape index (κ2) is 8.24. The predicted molar refractivity (Wildman–Crippen MR) is 118 cm³/mol. The van der Waals surface area contributed by atoms with Gasteiger partial charge < -0.3 is 5.32 Å². The molecule has 31 heavy (non-hydrogen) atoms. The van der Waals surface area contributed by atoms with Gasteiger partial charge in [-0.2, -0.15) is 4.31 Å². The van der Waals surface area contributed by atoms with Crippen molar-refractivity contribution >= 4 is 21.6 Å². The minimum absolute atomic E-state index is 0.0978. The van der Waals surface area contributed by atoms with Gasteiger partial charge >= 0.3 is 0 Å². The fraction of sp³-hybridized carbons (Fsp3) is 0.208. The molecule has 0 fully saturated rings. The van der Waals surface area contributed by atoms with Crippen LogP contribution in [0, 0.1) is 19.7 Å². The van der Waals surface area contributed by atoms with E-state index in [-0.39, 0.29) is 17.0 Å². The molecule has 0 atom stereocenters. The number of hydrogen-bond acceptors (Lipinski definition) is 3. The minimum Gasteiger partial charge on any atom is -0.322 e. The van der Waals surface area contributed by atoms with E-state index < -0.39 is 21.7 Å². The first-order chi connectivity index (χ1) is 14.8. The molecule has 1 N–H and O–H groups in total. The molecule has 1 aliphatic rings. The number of nitrogens with one attached hydrogen (secondary N) is 1. The number of fused-ring (bicyclic) bond motifs is 1. The summed E-state index contributed by atoms with van der Waals surface area (Å²) >= 11 is 0. The normalized spacial score (nSPS) is 14.2. The van der Waals surface area contributed by atoms with E-state index in [2.05, 4.69) is 5.32 Å². The van der Waals surface area contributed by atoms with Crippen LogP contribution in [0.25, 0.3) is 0 Å². The molecule has 7 heteroatoms. The molecule has 5 nitrogen and oxygen atoms in total. The van der Waals surface area contributed by atoms with E-state index in [1.54, 1.807) is 6.07 Å². The van der Waals surface area contributed by atoms with Gasteiger partial charge in [0.1, 0.15) is 5.82 Å². The van der Waals surface area contributed by atoms with E-state index in [1.165, 1.54) is 10.4 Å². The van der Waals surface area contributed by atoms with Gasteiger partial charge in [0.05, 0.1) is 10.5 Å². The van der Waals surface area contributed by atoms with Crippen molar-refractivity contribution in [2.75, 3.05) is 11.9 Å². The van der Waals surface area contributed by atoms with Gasteiger partial charge in [-0.1, -0.05) is 36.4 Å². The number of amides is 1. The highest BCUT2D eigenvalue weighted by atomic mass is 32.2. The molecular weight excluding hydrogens is 415 g/mol. The summed E-state index contributed by atoms with van der Waals surface area (Å²) in [4.78, 5) is 12.7. The maximum Gasteiger partial charge on any atom is 0.258 e. The summed E-state index contributed by atoms with van der Waals surface area (Å²) in [5.41, 5.74) is 4.11. The molecule has 0 bridgehead atoms. The minimum atomic E-state index is -3.88. The van der Waals surface area contributed by atoms with Gasteiger partial charge in [-0.15, -0.1) is 0 Å². The first-order valence-corrected chi connectivity index (χ1v) is 11.4. The summed E-state index contributed by atoms with van der Waals surface area (Å²) in [5.74, 6) is -1.46. The van der Waals surface area contributed by atoms with E-state index in [0.717, 1.165) is 34.4 Å². The number of rotatable bonds is 4. The number of halogens is 1. The zero-order chi connectivity index (χ0) is 22.2. The van der Waals surface area contributed by atoms with Crippen molar-refractivity contribution < 1.29 is 17.6 Å². The zero-order valence-electron chi connectivity index (χ0n) is 17.4. The van der Waals surface area contributed by atoms with Gasteiger partial charge in [-0.25, -0.2) is 12.8 Å². The molecule has 0 saturated carbocycles. The van der Waals surface area contributed by atoms with E-state index in [9.17, 15) is 17.6 Å². The lowest BCUT2D eigenvalue weighted by atomic mass is 10.0. The highest BCUT2D eigenvalue weighted by Gasteiger charge is 2.29. The summed E-state index contributed by atoms with van der Waals surface area (Å²) in [5, 5.41) is 2.69. The topological polar surface area (TPSA) is 66.5 Å². The second-order valence-electron chi connectivity index (χ2n) is 7.77. The van der Waals surface area contributed by atoms with Crippen LogP contribution in [-0.2, 0) is 23.0 Å². The van der Waals surface area contributed by atoms with Gasteiger partial charge in [-0.3, -0.25) is 4.79 Å². The average Bonchev–Trinajstić information content (AvgIpc) is 2.76. The number of nitrogens with zero attached hydrogens (tertiary/aromatic N) is 1. The lowest BCUT2D eigenvalue weighted by molar-refractivity contribution is 0.102. The van der Waals surface area contributed by atoms with Crippen LogP contribution in [0.1, 0.15) is 32.6 Å². The molecule has 3 aromatic rings. The van der Waals surface area contributed by atoms with Crippen molar-refractivity contribution in [1.29, 1.82) is 0 Å². The van der Waals surface area contributed by atoms with Gasteiger partial charge in [-0.05, 0) is 66.8 Å². The van der Waals surface area contributed by atoms with Crippen molar-refractivity contribution in [2.24, 2.45) is 0 Å². The Bertz CT molecular complexity index is 1270. The highest BCUT2D eigenvalue weighted by Crippen LogP contribution is 2.26. The Labute approximate surface area is 181 Å². The van der Waals surface area contributed by atoms with Gasteiger partial charge in [0.15, 0.2) is 0 Å². The lowest BCUT2D eigenvalue weighted by Gasteiger charge is -2.28. The first-order valence-electron chi connectivity index (χ1n) is 10.0. The molecule has 3 aromatic carbocycles. The van der Waals surface area contributed by atoms with Crippen molar-refractivity contribution in [3.05, 3.63) is 94.3 Å². The summed E-state index contributed by atoms with van der Waals surface area (Å²) < 4.78 is 42.3. The molecule has 0 aliphatic carbocycles. The standard InChI is InChI=1S/C24H23FN2O3S/c1-16-7-8-17(2)23(13-16)26-24(28)21-14-20(9-10-22(21)25)31(29,30)27-12-11-18-5-3-4-6-19(18)15-27/h3-10,13-14H,11-12,15H2,1-2H3,(H,26,28). The second-order valence-corrected chi connectivity index (χ2v) is 9.71. The van der Waals surface area contributed by atoms with Crippen molar-refractivity contribution in [1.82, 2.24) is 4.31 Å². The van der Waals surface area contributed by atoms with Crippen molar-refractivity contribution in [3.63, 3.8) is 0 Å². The van der Waals surface area contributed by atoms with Crippen LogP contribution in [-0.4, -0.2) is 25.2 Å². The monoisotopic (exact) mass is 438 g/mol. The Balaban J connectivity index is 1.63. The Morgan fingerprint density at radius 1 is 1.00 bits per heavy atom. The maximum absolute atomic E-state index is 14.5. The van der Waals surface area contributed by atoms with Gasteiger partial charge in [0.25, 0.3) is 5.91 Å². The van der Waals surface area contributed by atoms with Gasteiger partial charge in [0, 0.05) is 18.8 Å². The van der Waals surface area contributed by atoms with Crippen molar-refractivity contribution in [2.45, 2.75) is 31.7 Å². The SMILES string of the molecule is Cc1ccc(C)c(NC(=O)c2cc(S(=O)(=O)N3CCc4ccccc4C3)ccc2F)c1. The Kier molecular flexibility index (Phi) is 5.64. The smallest absolute Gasteiger partial charge is 0.258 e. The lowest BCUT2D eigenvalue weighted by Crippen LogP contribution is -2.36. The number of aryl methyl sites for hydroxylation is 2. The Morgan fingerprint density at radius 3 is 2.52 bits per heavy atom. The number of sulfonamides is 1. The first kappa shape index (κ1) is 21.2. The molecule has 4 rings (SSSR count). The van der Waals surface area contributed by atoms with Crippen LogP contribution in [0.4, 0.5) is 10.1 Å². The third-order valence-corrected chi connectivity index (χ3v) is 7.40. The average molecular weight is 439 g/mol. The summed E-state index contributed by atoms with van der Waals surface area (Å²) in [6, 6.07) is 16.6. The summed E-state index contributed by atoms with van der Waals surface area (Å²) in [6.07, 6.45) is 0.608. The van der Waals surface area contributed by atoms with E-state index in [0.29, 0.717) is 18.7 Å². The van der Waals surface area contributed by atoms with Crippen LogP contribution in [0.3, 0.4) is 0 Å². The molecular formula is C24H23FN2O3S. The quantitative estimate of drug-likeness (QED) is 0.655. The molecule has 0 aromatic heterocycles. The molecule has 1 amide bonds. The molecule has 0 unspecified atom stereocenters. The molecule has 0 spiro atoms. The largest absolute Gasteiger partial charge is 0.322 e. The van der Waals surface area contributed by atoms with E-state index in [4.69, 9.17) is 0 Å². The van der Waals surface area contributed by atoms with E-state index >= 15 is 0 Å². The fourth-order valence-corrected chi connectivity index (χ4v) is 5.17. The van der Waals surface area contributed by atoms with Crippen LogP contribution in [0.5, 0.6) is 0 Å². The third-order valence-electron chi connectivity index (χ3n) is 5.56. The van der Waals surface area contributed by atoms with Crippen LogP contribution in [0.15, 0.2) is 65.6 Å². The predicted octanol–water partition coefficient (Wildman–Crippen LogP) is 4.44. The molecule has 1 aliphatic heterocycles. The molecule has 0 radical (unpaired) electrons. The fourth-order valence-electron chi connectivity index (χ4n) is 3.72. The number of carbonyl (C=O) groups excluding carboxylic acids is 1. The maximum atomic E-state index is 14.5. The van der Waals surface area contributed by atoms with Crippen LogP contribution in [0.2, 0.25) is 0 Å². The Hall–Kier alpha value is -3.03. The number of carbonyl (C=O) groups is 1. The highest BCUT2D eigenvalue weighted by molar-refractivity contribution is 7.89.